The summed E-state index contributed by atoms with van der Waals surface area (Å²) in [5, 5.41) is 18.7. The van der Waals surface area contributed by atoms with E-state index in [4.69, 9.17) is 29.9 Å². The zero-order valence-corrected chi connectivity index (χ0v) is 23.9. The van der Waals surface area contributed by atoms with Crippen LogP contribution in [0.4, 0.5) is 11.5 Å². The molecule has 1 aromatic carbocycles. The molecule has 16 heteroatoms. The van der Waals surface area contributed by atoms with Crippen molar-refractivity contribution in [1.29, 1.82) is 0 Å². The van der Waals surface area contributed by atoms with E-state index in [0.717, 1.165) is 0 Å². The Labute approximate surface area is 236 Å². The number of carbonyl (C=O) groups excluding carboxylic acids is 1. The number of aliphatic carboxylic acids is 2. The number of rotatable bonds is 13. The van der Waals surface area contributed by atoms with Crippen molar-refractivity contribution in [2.24, 2.45) is 0 Å². The van der Waals surface area contributed by atoms with Crippen LogP contribution < -0.4 is 15.6 Å². The molecule has 0 bridgehead atoms. The van der Waals surface area contributed by atoms with Crippen molar-refractivity contribution in [3.05, 3.63) is 49.1 Å². The number of ether oxygens (including phenoxy) is 2. The first-order valence-electron chi connectivity index (χ1n) is 12.3. The van der Waals surface area contributed by atoms with Gasteiger partial charge in [-0.1, -0.05) is 12.1 Å². The van der Waals surface area contributed by atoms with E-state index in [0.29, 0.717) is 47.1 Å². The summed E-state index contributed by atoms with van der Waals surface area (Å²) in [6.45, 7) is 7.55. The van der Waals surface area contributed by atoms with E-state index in [9.17, 15) is 18.9 Å². The lowest BCUT2D eigenvalue weighted by atomic mass is 10.2. The van der Waals surface area contributed by atoms with E-state index < -0.39 is 26.0 Å². The van der Waals surface area contributed by atoms with Crippen LogP contribution in [0.3, 0.4) is 0 Å². The van der Waals surface area contributed by atoms with Gasteiger partial charge >= 0.3 is 17.9 Å². The third-order valence-corrected chi connectivity index (χ3v) is 5.78. The Bertz CT molecular complexity index is 1380. The van der Waals surface area contributed by atoms with Crippen LogP contribution in [0, 0.1) is 0 Å². The maximum absolute atomic E-state index is 12.6. The molecule has 2 heterocycles. The largest absolute Gasteiger partial charge is 0.478 e. The van der Waals surface area contributed by atoms with E-state index in [1.165, 1.54) is 6.33 Å². The molecule has 0 aliphatic carbocycles. The number of imidazole rings is 1. The third-order valence-electron chi connectivity index (χ3n) is 4.93. The van der Waals surface area contributed by atoms with Gasteiger partial charge in [-0.2, -0.15) is 0 Å². The Morgan fingerprint density at radius 2 is 1.73 bits per heavy atom. The summed E-state index contributed by atoms with van der Waals surface area (Å²) in [4.78, 5) is 43.5. The lowest BCUT2D eigenvalue weighted by Gasteiger charge is -2.19. The molecule has 0 saturated heterocycles. The second kappa shape index (κ2) is 15.9. The summed E-state index contributed by atoms with van der Waals surface area (Å²) in [7, 11) is -2.56. The predicted octanol–water partition coefficient (Wildman–Crippen LogP) is 2.79. The molecule has 0 spiro atoms. The highest BCUT2D eigenvalue weighted by atomic mass is 31.1. The Kier molecular flexibility index (Phi) is 12.7. The molecule has 5 N–H and O–H groups in total. The minimum Gasteiger partial charge on any atom is -0.478 e. The van der Waals surface area contributed by atoms with Crippen LogP contribution in [0.1, 0.15) is 27.7 Å². The number of benzene rings is 1. The summed E-state index contributed by atoms with van der Waals surface area (Å²) in [6, 6.07) is 6.37. The van der Waals surface area contributed by atoms with Crippen molar-refractivity contribution in [2.45, 2.75) is 52.5 Å². The zero-order valence-electron chi connectivity index (χ0n) is 22.9. The Balaban J connectivity index is 0.000000642. The van der Waals surface area contributed by atoms with Crippen molar-refractivity contribution in [2.75, 3.05) is 17.4 Å². The van der Waals surface area contributed by atoms with Crippen molar-refractivity contribution in [1.82, 2.24) is 19.5 Å². The van der Waals surface area contributed by atoms with Crippen LogP contribution in [0.2, 0.25) is 0 Å². The second-order valence-electron chi connectivity index (χ2n) is 8.78. The number of nitrogens with two attached hydrogens (primary N) is 1. The van der Waals surface area contributed by atoms with Crippen molar-refractivity contribution >= 4 is 48.6 Å². The zero-order chi connectivity index (χ0) is 30.5. The smallest absolute Gasteiger partial charge is 0.328 e. The normalized spacial score (nSPS) is 13.2. The molecule has 2 aromatic heterocycles. The van der Waals surface area contributed by atoms with Crippen LogP contribution in [0.25, 0.3) is 11.2 Å². The van der Waals surface area contributed by atoms with Gasteiger partial charge in [0.2, 0.25) is 0 Å². The molecule has 0 saturated carbocycles. The van der Waals surface area contributed by atoms with E-state index >= 15 is 0 Å². The molecule has 41 heavy (non-hydrogen) atoms. The average molecular weight is 593 g/mol. The van der Waals surface area contributed by atoms with Gasteiger partial charge in [-0.15, -0.1) is 0 Å². The fourth-order valence-electron chi connectivity index (χ4n) is 3.17. The van der Waals surface area contributed by atoms with E-state index in [1.807, 2.05) is 6.92 Å². The first-order chi connectivity index (χ1) is 19.4. The Morgan fingerprint density at radius 3 is 2.37 bits per heavy atom. The van der Waals surface area contributed by atoms with Gasteiger partial charge in [0.15, 0.2) is 11.5 Å². The van der Waals surface area contributed by atoms with Crippen LogP contribution in [0.15, 0.2) is 49.1 Å². The molecule has 0 aliphatic heterocycles. The maximum atomic E-state index is 12.6. The minimum atomic E-state index is -2.56. The van der Waals surface area contributed by atoms with Crippen LogP contribution in [-0.4, -0.2) is 72.2 Å². The fraction of sp³-hybridized carbons (Fsp3) is 0.360. The molecular formula is C25H33N6O9P. The molecule has 3 atom stereocenters. The highest BCUT2D eigenvalue weighted by Gasteiger charge is 2.18. The van der Waals surface area contributed by atoms with E-state index in [-0.39, 0.29) is 24.5 Å². The van der Waals surface area contributed by atoms with Crippen LogP contribution >= 0.6 is 8.03 Å². The maximum Gasteiger partial charge on any atom is 0.328 e. The van der Waals surface area contributed by atoms with Crippen molar-refractivity contribution in [3.8, 4) is 5.75 Å². The molecule has 0 aliphatic rings. The first-order valence-corrected chi connectivity index (χ1v) is 13.8. The number of hydrogen-bond donors (Lipinski definition) is 4. The number of anilines is 2. The summed E-state index contributed by atoms with van der Waals surface area (Å²) < 4.78 is 30.9. The average Bonchev–Trinajstić information content (AvgIpc) is 3.31. The van der Waals surface area contributed by atoms with Gasteiger partial charge in [-0.25, -0.2) is 29.3 Å². The number of para-hydroxylation sites is 2. The summed E-state index contributed by atoms with van der Waals surface area (Å²) >= 11 is 0. The van der Waals surface area contributed by atoms with Gasteiger partial charge in [0.25, 0.3) is 8.03 Å². The van der Waals surface area contributed by atoms with Gasteiger partial charge in [-0.3, -0.25) is 4.57 Å². The minimum absolute atomic E-state index is 0.0745. The molecule has 1 unspecified atom stereocenters. The number of carbonyl (C=O) groups is 3. The lowest BCUT2D eigenvalue weighted by molar-refractivity contribution is -0.148. The predicted molar refractivity (Wildman–Crippen MR) is 150 cm³/mol. The van der Waals surface area contributed by atoms with Crippen LogP contribution in [0.5, 0.6) is 5.75 Å². The Hall–Kier alpha value is -4.49. The molecular weight excluding hydrogens is 559 g/mol. The standard InChI is InChI=1S/C21H29N6O5P.C4H4O4/c1-13(2)31-21(28)15(4)26-16-7-5-6-8-17(16)32-33(29)12-30-14(3)9-27-11-25-18-19(22)23-10-24-20(18)27;5-3(6)1-2-4(7)8/h5-8,10-11,13-15,26,33H,9,12H2,1-4H3,(H2,22,23,24);1-2H,(H,5,6)(H,7,8)/t14?,15-;/m0./s1. The number of carboxylic acid groups (broad SMARTS) is 2. The first kappa shape index (κ1) is 32.7. The van der Waals surface area contributed by atoms with E-state index in [2.05, 4.69) is 20.3 Å². The molecule has 3 rings (SSSR count). The number of esters is 1. The second-order valence-corrected chi connectivity index (χ2v) is 10.0. The van der Waals surface area contributed by atoms with Gasteiger partial charge < -0.3 is 39.8 Å². The van der Waals surface area contributed by atoms with Gasteiger partial charge in [0, 0.05) is 12.2 Å². The molecule has 15 nitrogen and oxygen atoms in total. The van der Waals surface area contributed by atoms with Crippen molar-refractivity contribution < 1.29 is 43.2 Å². The van der Waals surface area contributed by atoms with E-state index in [1.54, 1.807) is 55.9 Å². The monoisotopic (exact) mass is 592 g/mol. The van der Waals surface area contributed by atoms with Crippen molar-refractivity contribution in [3.63, 3.8) is 0 Å². The third kappa shape index (κ3) is 11.3. The number of nitrogen functional groups attached to an aromatic ring is 1. The van der Waals surface area contributed by atoms with Gasteiger partial charge in [-0.05, 0) is 39.8 Å². The topological polar surface area (TPSA) is 218 Å². The summed E-state index contributed by atoms with van der Waals surface area (Å²) in [5.74, 6) is -2.22. The highest BCUT2D eigenvalue weighted by Crippen LogP contribution is 2.33. The molecule has 0 radical (unpaired) electrons. The lowest BCUT2D eigenvalue weighted by Crippen LogP contribution is -2.30. The number of nitrogens with one attached hydrogen (secondary N) is 1. The number of fused-ring (bicyclic) bond motifs is 1. The van der Waals surface area contributed by atoms with Crippen LogP contribution in [-0.2, 0) is 35.0 Å². The number of nitrogens with zero attached hydrogens (tertiary/aromatic N) is 4. The molecule has 0 fully saturated rings. The van der Waals surface area contributed by atoms with Gasteiger partial charge in [0.05, 0.1) is 30.8 Å². The summed E-state index contributed by atoms with van der Waals surface area (Å²) in [5.41, 5.74) is 7.48. The number of aromatic nitrogens is 4. The molecule has 0 amide bonds. The highest BCUT2D eigenvalue weighted by molar-refractivity contribution is 7.39. The fourth-order valence-corrected chi connectivity index (χ4v) is 4.07. The number of hydrogen-bond acceptors (Lipinski definition) is 12. The SMILES string of the molecule is CC(C)OC(=O)[C@H](C)Nc1ccccc1O[P@H](=O)COC(C)Cn1cnc2c(N)ncnc21.O=C(O)C=CC(=O)O. The summed E-state index contributed by atoms with van der Waals surface area (Å²) in [6.07, 6.45) is 3.54. The van der Waals surface area contributed by atoms with Gasteiger partial charge in [0.1, 0.15) is 30.0 Å². The Morgan fingerprint density at radius 1 is 1.07 bits per heavy atom. The quantitative estimate of drug-likeness (QED) is 0.127. The molecule has 222 valence electrons. The number of carboxylic acids is 2. The molecule has 3 aromatic rings.